The van der Waals surface area contributed by atoms with E-state index in [4.69, 9.17) is 0 Å². The summed E-state index contributed by atoms with van der Waals surface area (Å²) in [6.45, 7) is 7.26. The lowest BCUT2D eigenvalue weighted by atomic mass is 9.90. The van der Waals surface area contributed by atoms with Crippen molar-refractivity contribution in [3.05, 3.63) is 34.5 Å². The van der Waals surface area contributed by atoms with Gasteiger partial charge in [-0.3, -0.25) is 4.79 Å². The number of nitrogens with zero attached hydrogens (tertiary/aromatic N) is 1. The van der Waals surface area contributed by atoms with Gasteiger partial charge in [0.15, 0.2) is 0 Å². The van der Waals surface area contributed by atoms with Crippen molar-refractivity contribution in [1.29, 1.82) is 0 Å². The summed E-state index contributed by atoms with van der Waals surface area (Å²) in [7, 11) is 0. The molecule has 1 saturated carbocycles. The minimum Gasteiger partial charge on any atom is -0.350 e. The highest BCUT2D eigenvalue weighted by Gasteiger charge is 2.38. The molecule has 1 aliphatic heterocycles. The quantitative estimate of drug-likeness (QED) is 0.844. The Kier molecular flexibility index (Phi) is 3.07. The molecule has 22 heavy (non-hydrogen) atoms. The van der Waals surface area contributed by atoms with E-state index in [0.29, 0.717) is 6.04 Å². The summed E-state index contributed by atoms with van der Waals surface area (Å²) >= 11 is 0. The van der Waals surface area contributed by atoms with Gasteiger partial charge in [0.1, 0.15) is 5.69 Å². The maximum absolute atomic E-state index is 13.1. The van der Waals surface area contributed by atoms with E-state index in [2.05, 4.69) is 42.8 Å². The van der Waals surface area contributed by atoms with Crippen LogP contribution in [0, 0.1) is 26.7 Å². The van der Waals surface area contributed by atoms with Gasteiger partial charge < -0.3 is 9.88 Å². The number of nitrogens with one attached hydrogen (secondary N) is 1. The summed E-state index contributed by atoms with van der Waals surface area (Å²) in [5.74, 6) is 0.941. The smallest absolute Gasteiger partial charge is 0.270 e. The maximum atomic E-state index is 13.1. The fourth-order valence-corrected chi connectivity index (χ4v) is 4.53. The predicted molar refractivity (Wildman–Crippen MR) is 89.3 cm³/mol. The van der Waals surface area contributed by atoms with Crippen LogP contribution < -0.4 is 0 Å². The van der Waals surface area contributed by atoms with E-state index in [9.17, 15) is 4.79 Å². The van der Waals surface area contributed by atoms with Crippen LogP contribution in [-0.2, 0) is 0 Å². The summed E-state index contributed by atoms with van der Waals surface area (Å²) in [5, 5.41) is 1.20. The first-order valence-corrected chi connectivity index (χ1v) is 8.45. The van der Waals surface area contributed by atoms with E-state index in [1.165, 1.54) is 42.2 Å². The second-order valence-electron chi connectivity index (χ2n) is 7.27. The molecule has 2 heterocycles. The number of likely N-dealkylation sites (tertiary alicyclic amines) is 1. The second kappa shape index (κ2) is 4.87. The zero-order valence-electron chi connectivity index (χ0n) is 13.7. The van der Waals surface area contributed by atoms with Crippen LogP contribution in [0.4, 0.5) is 0 Å². The Balaban J connectivity index is 1.76. The topological polar surface area (TPSA) is 36.1 Å². The summed E-state index contributed by atoms with van der Waals surface area (Å²) in [6.07, 6.45) is 4.97. The monoisotopic (exact) mass is 296 g/mol. The fraction of sp³-hybridized carbons (Fsp3) is 0.526. The zero-order chi connectivity index (χ0) is 15.4. The number of carbonyl (C=O) groups excluding carboxylic acids is 1. The number of fused-ring (bicyclic) bond motifs is 3. The Bertz CT molecular complexity index is 758. The average molecular weight is 296 g/mol. The maximum Gasteiger partial charge on any atom is 0.270 e. The van der Waals surface area contributed by atoms with Gasteiger partial charge in [-0.15, -0.1) is 0 Å². The number of carbonyl (C=O) groups is 1. The zero-order valence-corrected chi connectivity index (χ0v) is 13.7. The molecular weight excluding hydrogens is 272 g/mol. The summed E-state index contributed by atoms with van der Waals surface area (Å²) in [4.78, 5) is 18.6. The lowest BCUT2D eigenvalue weighted by Gasteiger charge is -2.24. The molecule has 3 nitrogen and oxygen atoms in total. The van der Waals surface area contributed by atoms with E-state index in [0.717, 1.165) is 29.2 Å². The lowest BCUT2D eigenvalue weighted by Crippen LogP contribution is -2.35. The number of H-pyrrole nitrogens is 1. The summed E-state index contributed by atoms with van der Waals surface area (Å²) in [5.41, 5.74) is 5.50. The van der Waals surface area contributed by atoms with Crippen molar-refractivity contribution in [2.45, 2.75) is 52.5 Å². The molecular formula is C19H24N2O. The molecule has 2 aromatic rings. The normalized spacial score (nSPS) is 24.2. The number of aryl methyl sites for hydroxylation is 3. The molecule has 1 amide bonds. The summed E-state index contributed by atoms with van der Waals surface area (Å²) < 4.78 is 0. The van der Waals surface area contributed by atoms with E-state index >= 15 is 0 Å². The van der Waals surface area contributed by atoms with E-state index in [-0.39, 0.29) is 5.91 Å². The summed E-state index contributed by atoms with van der Waals surface area (Å²) in [6, 6.07) is 4.84. The number of aromatic amines is 1. The van der Waals surface area contributed by atoms with Crippen molar-refractivity contribution in [3.8, 4) is 0 Å². The van der Waals surface area contributed by atoms with E-state index < -0.39 is 0 Å². The number of amides is 1. The van der Waals surface area contributed by atoms with Crippen LogP contribution in [0.5, 0.6) is 0 Å². The van der Waals surface area contributed by atoms with Crippen molar-refractivity contribution in [2.75, 3.05) is 6.54 Å². The van der Waals surface area contributed by atoms with Gasteiger partial charge in [0.25, 0.3) is 5.91 Å². The predicted octanol–water partition coefficient (Wildman–Crippen LogP) is 4.11. The van der Waals surface area contributed by atoms with Gasteiger partial charge in [0.05, 0.1) is 0 Å². The molecule has 2 fully saturated rings. The van der Waals surface area contributed by atoms with Crippen molar-refractivity contribution in [1.82, 2.24) is 9.88 Å². The molecule has 4 rings (SSSR count). The molecule has 0 radical (unpaired) electrons. The first-order chi connectivity index (χ1) is 10.5. The van der Waals surface area contributed by atoms with Gasteiger partial charge in [-0.2, -0.15) is 0 Å². The third-order valence-corrected chi connectivity index (χ3v) is 5.63. The molecule has 1 aliphatic carbocycles. The Hall–Kier alpha value is -1.77. The molecule has 1 aromatic carbocycles. The van der Waals surface area contributed by atoms with Crippen LogP contribution in [0.25, 0.3) is 10.9 Å². The molecule has 2 atom stereocenters. The standard InChI is InChI=1S/C19H24N2O/c1-11-7-12(2)17-16(8-11)13(3)18(20-17)19(22)21-10-14-5-4-6-15(21)9-14/h7-8,14-15,20H,4-6,9-10H2,1-3H3. The highest BCUT2D eigenvalue weighted by Crippen LogP contribution is 2.37. The van der Waals surface area contributed by atoms with Crippen molar-refractivity contribution >= 4 is 16.8 Å². The fourth-order valence-electron chi connectivity index (χ4n) is 4.53. The number of rotatable bonds is 1. The van der Waals surface area contributed by atoms with Gasteiger partial charge in [-0.05, 0) is 63.1 Å². The Morgan fingerprint density at radius 3 is 2.82 bits per heavy atom. The number of hydrogen-bond acceptors (Lipinski definition) is 1. The molecule has 2 unspecified atom stereocenters. The van der Waals surface area contributed by atoms with Crippen molar-refractivity contribution < 1.29 is 4.79 Å². The SMILES string of the molecule is Cc1cc(C)c2[nH]c(C(=O)N3CC4CCCC3C4)c(C)c2c1. The van der Waals surface area contributed by atoms with Crippen LogP contribution in [0.3, 0.4) is 0 Å². The van der Waals surface area contributed by atoms with Gasteiger partial charge in [-0.1, -0.05) is 18.1 Å². The van der Waals surface area contributed by atoms with Gasteiger partial charge in [0, 0.05) is 23.5 Å². The van der Waals surface area contributed by atoms with Crippen LogP contribution in [0.2, 0.25) is 0 Å². The van der Waals surface area contributed by atoms with E-state index in [1.54, 1.807) is 0 Å². The van der Waals surface area contributed by atoms with Gasteiger partial charge in [-0.25, -0.2) is 0 Å². The van der Waals surface area contributed by atoms with Gasteiger partial charge in [0.2, 0.25) is 0 Å². The highest BCUT2D eigenvalue weighted by atomic mass is 16.2. The molecule has 116 valence electrons. The van der Waals surface area contributed by atoms with Crippen molar-refractivity contribution in [3.63, 3.8) is 0 Å². The molecule has 3 heteroatoms. The minimum atomic E-state index is 0.208. The van der Waals surface area contributed by atoms with Crippen LogP contribution in [-0.4, -0.2) is 28.4 Å². The molecule has 1 aromatic heterocycles. The third-order valence-electron chi connectivity index (χ3n) is 5.63. The molecule has 2 aliphatic rings. The molecule has 1 N–H and O–H groups in total. The Morgan fingerprint density at radius 1 is 1.23 bits per heavy atom. The third kappa shape index (κ3) is 1.98. The highest BCUT2D eigenvalue weighted by molar-refractivity contribution is 6.02. The number of benzene rings is 1. The largest absolute Gasteiger partial charge is 0.350 e. The molecule has 1 saturated heterocycles. The lowest BCUT2D eigenvalue weighted by molar-refractivity contribution is 0.0727. The molecule has 0 spiro atoms. The first kappa shape index (κ1) is 13.9. The van der Waals surface area contributed by atoms with Crippen LogP contribution in [0.15, 0.2) is 12.1 Å². The first-order valence-electron chi connectivity index (χ1n) is 8.45. The minimum absolute atomic E-state index is 0.208. The van der Waals surface area contributed by atoms with Crippen molar-refractivity contribution in [2.24, 2.45) is 5.92 Å². The van der Waals surface area contributed by atoms with Gasteiger partial charge >= 0.3 is 0 Å². The number of aromatic nitrogens is 1. The Morgan fingerprint density at radius 2 is 2.05 bits per heavy atom. The van der Waals surface area contributed by atoms with E-state index in [1.807, 2.05) is 0 Å². The Labute approximate surface area is 131 Å². The van der Waals surface area contributed by atoms with Crippen LogP contribution >= 0.6 is 0 Å². The average Bonchev–Trinajstić information content (AvgIpc) is 2.96. The molecule has 2 bridgehead atoms. The van der Waals surface area contributed by atoms with Crippen LogP contribution in [0.1, 0.15) is 52.9 Å². The number of hydrogen-bond donors (Lipinski definition) is 1. The second-order valence-corrected chi connectivity index (χ2v) is 7.27.